The first-order valence-corrected chi connectivity index (χ1v) is 5.73. The predicted molar refractivity (Wildman–Crippen MR) is 59.7 cm³/mol. The smallest absolute Gasteiger partial charge is 0.305 e. The third kappa shape index (κ3) is 3.67. The van der Waals surface area contributed by atoms with E-state index in [0.29, 0.717) is 19.6 Å². The van der Waals surface area contributed by atoms with Crippen molar-refractivity contribution in [3.05, 3.63) is 0 Å². The Kier molecular flexibility index (Phi) is 5.37. The van der Waals surface area contributed by atoms with Crippen molar-refractivity contribution in [1.29, 1.82) is 0 Å². The minimum absolute atomic E-state index is 0.0914. The van der Waals surface area contributed by atoms with Crippen LogP contribution in [0.3, 0.4) is 0 Å². The fraction of sp³-hybridized carbons (Fsp3) is 0.818. The van der Waals surface area contributed by atoms with Crippen LogP contribution in [0.15, 0.2) is 0 Å². The Morgan fingerprint density at radius 2 is 2.29 bits per heavy atom. The molecule has 17 heavy (non-hydrogen) atoms. The Morgan fingerprint density at radius 1 is 1.59 bits per heavy atom. The minimum Gasteiger partial charge on any atom is -0.481 e. The molecular weight excluding hydrogens is 226 g/mol. The van der Waals surface area contributed by atoms with Gasteiger partial charge in [-0.05, 0) is 6.42 Å². The topological polar surface area (TPSA) is 76.1 Å². The highest BCUT2D eigenvalue weighted by atomic mass is 16.5. The number of methoxy groups -OCH3 is 1. The Bertz CT molecular complexity index is 277. The molecule has 0 aromatic heterocycles. The number of hydrogen-bond donors (Lipinski definition) is 1. The molecule has 1 amide bonds. The van der Waals surface area contributed by atoms with Gasteiger partial charge < -0.3 is 19.5 Å². The van der Waals surface area contributed by atoms with Gasteiger partial charge in [0.2, 0.25) is 0 Å². The number of carbonyl (C=O) groups is 2. The quantitative estimate of drug-likeness (QED) is 0.744. The SMILES string of the molecule is CC[C@@H](OC)C(=O)N1CCOC[C@@H]1CC(=O)O. The van der Waals surface area contributed by atoms with E-state index in [-0.39, 0.29) is 18.9 Å². The Hall–Kier alpha value is -1.14. The lowest BCUT2D eigenvalue weighted by Crippen LogP contribution is -2.53. The summed E-state index contributed by atoms with van der Waals surface area (Å²) in [6.45, 7) is 3.01. The van der Waals surface area contributed by atoms with E-state index in [4.69, 9.17) is 14.6 Å². The van der Waals surface area contributed by atoms with Gasteiger partial charge in [-0.3, -0.25) is 9.59 Å². The van der Waals surface area contributed by atoms with E-state index in [1.807, 2.05) is 6.92 Å². The fourth-order valence-corrected chi connectivity index (χ4v) is 1.94. The van der Waals surface area contributed by atoms with Crippen molar-refractivity contribution >= 4 is 11.9 Å². The van der Waals surface area contributed by atoms with E-state index in [9.17, 15) is 9.59 Å². The highest BCUT2D eigenvalue weighted by Gasteiger charge is 2.32. The van der Waals surface area contributed by atoms with Gasteiger partial charge in [0.05, 0.1) is 25.7 Å². The highest BCUT2D eigenvalue weighted by molar-refractivity contribution is 5.82. The number of carboxylic acid groups (broad SMARTS) is 1. The number of morpholine rings is 1. The lowest BCUT2D eigenvalue weighted by atomic mass is 10.1. The molecule has 0 bridgehead atoms. The summed E-state index contributed by atoms with van der Waals surface area (Å²) in [5, 5.41) is 8.79. The molecule has 6 nitrogen and oxygen atoms in total. The van der Waals surface area contributed by atoms with Gasteiger partial charge in [-0.1, -0.05) is 6.92 Å². The van der Waals surface area contributed by atoms with E-state index < -0.39 is 18.1 Å². The molecule has 1 fully saturated rings. The molecule has 0 unspecified atom stereocenters. The lowest BCUT2D eigenvalue weighted by Gasteiger charge is -2.36. The summed E-state index contributed by atoms with van der Waals surface area (Å²) in [7, 11) is 1.48. The van der Waals surface area contributed by atoms with Crippen molar-refractivity contribution in [3.8, 4) is 0 Å². The third-order valence-corrected chi connectivity index (χ3v) is 2.85. The van der Waals surface area contributed by atoms with Crippen molar-refractivity contribution in [2.75, 3.05) is 26.9 Å². The molecule has 1 aliphatic rings. The van der Waals surface area contributed by atoms with Crippen LogP contribution < -0.4 is 0 Å². The first-order chi connectivity index (χ1) is 8.10. The summed E-state index contributed by atoms with van der Waals surface area (Å²) in [6, 6.07) is -0.391. The summed E-state index contributed by atoms with van der Waals surface area (Å²) < 4.78 is 10.3. The average Bonchev–Trinajstić information content (AvgIpc) is 2.30. The van der Waals surface area contributed by atoms with Crippen molar-refractivity contribution < 1.29 is 24.2 Å². The average molecular weight is 245 g/mol. The second kappa shape index (κ2) is 6.56. The predicted octanol–water partition coefficient (Wildman–Crippen LogP) is 0.114. The molecule has 1 rings (SSSR count). The van der Waals surface area contributed by atoms with Crippen molar-refractivity contribution in [2.24, 2.45) is 0 Å². The largest absolute Gasteiger partial charge is 0.481 e. The zero-order valence-corrected chi connectivity index (χ0v) is 10.2. The van der Waals surface area contributed by atoms with Crippen LogP contribution in [-0.4, -0.2) is 60.9 Å². The molecule has 0 aromatic rings. The first kappa shape index (κ1) is 13.9. The molecule has 0 saturated carbocycles. The first-order valence-electron chi connectivity index (χ1n) is 5.73. The molecule has 1 saturated heterocycles. The van der Waals surface area contributed by atoms with E-state index in [2.05, 4.69) is 0 Å². The maximum absolute atomic E-state index is 12.1. The van der Waals surface area contributed by atoms with E-state index in [0.717, 1.165) is 0 Å². The van der Waals surface area contributed by atoms with Gasteiger partial charge in [0.15, 0.2) is 0 Å². The number of ether oxygens (including phenoxy) is 2. The molecule has 0 spiro atoms. The van der Waals surface area contributed by atoms with Gasteiger partial charge in [0.1, 0.15) is 6.10 Å². The van der Waals surface area contributed by atoms with Crippen LogP contribution in [0, 0.1) is 0 Å². The molecule has 6 heteroatoms. The number of hydrogen-bond acceptors (Lipinski definition) is 4. The molecule has 0 radical (unpaired) electrons. The summed E-state index contributed by atoms with van der Waals surface area (Å²) in [5.41, 5.74) is 0. The number of amides is 1. The second-order valence-corrected chi connectivity index (χ2v) is 3.99. The summed E-state index contributed by atoms with van der Waals surface area (Å²) in [4.78, 5) is 24.4. The number of nitrogens with zero attached hydrogens (tertiary/aromatic N) is 1. The van der Waals surface area contributed by atoms with E-state index in [1.165, 1.54) is 7.11 Å². The molecule has 98 valence electrons. The van der Waals surface area contributed by atoms with E-state index >= 15 is 0 Å². The fourth-order valence-electron chi connectivity index (χ4n) is 1.94. The summed E-state index contributed by atoms with van der Waals surface area (Å²) >= 11 is 0. The lowest BCUT2D eigenvalue weighted by molar-refractivity contribution is -0.153. The van der Waals surface area contributed by atoms with Crippen LogP contribution in [0.4, 0.5) is 0 Å². The zero-order chi connectivity index (χ0) is 12.8. The Labute approximate surface area is 100 Å². The monoisotopic (exact) mass is 245 g/mol. The van der Waals surface area contributed by atoms with Crippen LogP contribution in [0.25, 0.3) is 0 Å². The van der Waals surface area contributed by atoms with Gasteiger partial charge in [-0.2, -0.15) is 0 Å². The minimum atomic E-state index is -0.927. The van der Waals surface area contributed by atoms with Crippen molar-refractivity contribution in [3.63, 3.8) is 0 Å². The Balaban J connectivity index is 2.69. The summed E-state index contributed by atoms with van der Waals surface area (Å²) in [5.74, 6) is -1.08. The van der Waals surface area contributed by atoms with Gasteiger partial charge >= 0.3 is 5.97 Å². The summed E-state index contributed by atoms with van der Waals surface area (Å²) in [6.07, 6.45) is -0.0114. The number of rotatable bonds is 5. The van der Waals surface area contributed by atoms with Crippen LogP contribution >= 0.6 is 0 Å². The number of aliphatic carboxylic acids is 1. The van der Waals surface area contributed by atoms with Gasteiger partial charge in [0.25, 0.3) is 5.91 Å². The van der Waals surface area contributed by atoms with Gasteiger partial charge in [0, 0.05) is 13.7 Å². The zero-order valence-electron chi connectivity index (χ0n) is 10.2. The second-order valence-electron chi connectivity index (χ2n) is 3.99. The molecule has 0 aliphatic carbocycles. The standard InChI is InChI=1S/C11H19NO5/c1-3-9(16-2)11(15)12-4-5-17-7-8(12)6-10(13)14/h8-9H,3-7H2,1-2H3,(H,13,14)/t8-,9+/m0/s1. The van der Waals surface area contributed by atoms with Crippen molar-refractivity contribution in [2.45, 2.75) is 31.9 Å². The molecule has 1 aliphatic heterocycles. The maximum atomic E-state index is 12.1. The molecule has 0 aromatic carbocycles. The van der Waals surface area contributed by atoms with Crippen LogP contribution in [0.2, 0.25) is 0 Å². The Morgan fingerprint density at radius 3 is 2.82 bits per heavy atom. The highest BCUT2D eigenvalue weighted by Crippen LogP contribution is 2.14. The number of carbonyl (C=O) groups excluding carboxylic acids is 1. The van der Waals surface area contributed by atoms with Crippen LogP contribution in [0.1, 0.15) is 19.8 Å². The van der Waals surface area contributed by atoms with E-state index in [1.54, 1.807) is 4.90 Å². The molecule has 2 atom stereocenters. The molecule has 1 N–H and O–H groups in total. The van der Waals surface area contributed by atoms with Gasteiger partial charge in [-0.15, -0.1) is 0 Å². The normalized spacial score (nSPS) is 22.2. The van der Waals surface area contributed by atoms with Crippen LogP contribution in [-0.2, 0) is 19.1 Å². The molecular formula is C11H19NO5. The maximum Gasteiger partial charge on any atom is 0.305 e. The molecule has 1 heterocycles. The third-order valence-electron chi connectivity index (χ3n) is 2.85. The number of carboxylic acids is 1. The van der Waals surface area contributed by atoms with Crippen LogP contribution in [0.5, 0.6) is 0 Å². The van der Waals surface area contributed by atoms with Crippen molar-refractivity contribution in [1.82, 2.24) is 4.90 Å². The van der Waals surface area contributed by atoms with Gasteiger partial charge in [-0.25, -0.2) is 0 Å².